The third-order valence-corrected chi connectivity index (χ3v) is 1.89. The van der Waals surface area contributed by atoms with Gasteiger partial charge in [-0.2, -0.15) is 0 Å². The van der Waals surface area contributed by atoms with E-state index in [0.29, 0.717) is 5.41 Å². The molecule has 2 fully saturated rings. The monoisotopic (exact) mass is 114 g/mol. The Labute approximate surface area is 48.4 Å². The number of hydrogen-bond acceptors (Lipinski definition) is 3. The fourth-order valence-electron chi connectivity index (χ4n) is 1.39. The first-order valence-corrected chi connectivity index (χ1v) is 2.88. The topological polar surface area (TPSA) is 38.5 Å². The molecule has 0 bridgehead atoms. The lowest BCUT2D eigenvalue weighted by atomic mass is 9.79. The molecule has 2 rings (SSSR count). The quantitative estimate of drug-likeness (QED) is 0.419. The number of hydrazine groups is 1. The highest BCUT2D eigenvalue weighted by Crippen LogP contribution is 2.35. The van der Waals surface area contributed by atoms with Gasteiger partial charge >= 0.3 is 0 Å². The summed E-state index contributed by atoms with van der Waals surface area (Å²) in [6.45, 7) is 3.93. The molecule has 3 heteroatoms. The van der Waals surface area contributed by atoms with Gasteiger partial charge in [0.15, 0.2) is 0 Å². The van der Waals surface area contributed by atoms with E-state index in [9.17, 15) is 0 Å². The summed E-state index contributed by atoms with van der Waals surface area (Å²) < 4.78 is 5.05. The molecule has 2 heterocycles. The van der Waals surface area contributed by atoms with Gasteiger partial charge in [-0.25, -0.2) is 5.01 Å². The van der Waals surface area contributed by atoms with Crippen molar-refractivity contribution in [2.75, 3.05) is 26.3 Å². The zero-order valence-electron chi connectivity index (χ0n) is 4.76. The maximum Gasteiger partial charge on any atom is 0.0570 e. The lowest BCUT2D eigenvalue weighted by Crippen LogP contribution is -2.67. The van der Waals surface area contributed by atoms with E-state index >= 15 is 0 Å². The van der Waals surface area contributed by atoms with Gasteiger partial charge in [-0.1, -0.05) is 0 Å². The lowest BCUT2D eigenvalue weighted by Gasteiger charge is -2.53. The Hall–Kier alpha value is -0.120. The van der Waals surface area contributed by atoms with Crippen LogP contribution >= 0.6 is 0 Å². The van der Waals surface area contributed by atoms with Crippen molar-refractivity contribution in [2.45, 2.75) is 0 Å². The van der Waals surface area contributed by atoms with Crippen LogP contribution in [-0.2, 0) is 4.74 Å². The first-order valence-electron chi connectivity index (χ1n) is 2.88. The SMILES string of the molecule is NN1CC2(COC2)C1. The summed E-state index contributed by atoms with van der Waals surface area (Å²) in [5.74, 6) is 5.44. The Morgan fingerprint density at radius 3 is 2.12 bits per heavy atom. The summed E-state index contributed by atoms with van der Waals surface area (Å²) in [4.78, 5) is 0. The van der Waals surface area contributed by atoms with Gasteiger partial charge in [0.25, 0.3) is 0 Å². The molecule has 3 nitrogen and oxygen atoms in total. The van der Waals surface area contributed by atoms with Gasteiger partial charge in [0, 0.05) is 18.5 Å². The molecule has 0 aromatic rings. The molecule has 2 aliphatic heterocycles. The molecule has 0 radical (unpaired) electrons. The van der Waals surface area contributed by atoms with Crippen molar-refractivity contribution in [1.82, 2.24) is 5.01 Å². The highest BCUT2D eigenvalue weighted by molar-refractivity contribution is 4.97. The zero-order valence-corrected chi connectivity index (χ0v) is 4.76. The fraction of sp³-hybridized carbons (Fsp3) is 1.00. The molecule has 0 aromatic carbocycles. The molecule has 2 aliphatic rings. The molecular weight excluding hydrogens is 104 g/mol. The second-order valence-electron chi connectivity index (χ2n) is 2.90. The standard InChI is InChI=1S/C5H10N2O/c6-7-1-5(2-7)3-8-4-5/h1-4,6H2. The normalized spacial score (nSPS) is 34.1. The van der Waals surface area contributed by atoms with E-state index < -0.39 is 0 Å². The molecule has 0 saturated carbocycles. The molecule has 0 unspecified atom stereocenters. The van der Waals surface area contributed by atoms with Gasteiger partial charge in [0.05, 0.1) is 13.2 Å². The molecule has 1 spiro atoms. The van der Waals surface area contributed by atoms with Crippen LogP contribution in [-0.4, -0.2) is 31.3 Å². The molecule has 46 valence electrons. The smallest absolute Gasteiger partial charge is 0.0570 e. The van der Waals surface area contributed by atoms with Crippen LogP contribution in [0.1, 0.15) is 0 Å². The van der Waals surface area contributed by atoms with E-state index in [1.54, 1.807) is 0 Å². The number of rotatable bonds is 0. The van der Waals surface area contributed by atoms with Crippen molar-refractivity contribution in [1.29, 1.82) is 0 Å². The zero-order chi connectivity index (χ0) is 5.61. The Bertz CT molecular complexity index is 103. The number of nitrogens with zero attached hydrogens (tertiary/aromatic N) is 1. The molecule has 0 aliphatic carbocycles. The predicted octanol–water partition coefficient (Wildman–Crippen LogP) is -0.808. The summed E-state index contributed by atoms with van der Waals surface area (Å²) in [6, 6.07) is 0. The second-order valence-corrected chi connectivity index (χ2v) is 2.90. The summed E-state index contributed by atoms with van der Waals surface area (Å²) >= 11 is 0. The second kappa shape index (κ2) is 1.23. The van der Waals surface area contributed by atoms with Crippen LogP contribution in [0, 0.1) is 5.41 Å². The lowest BCUT2D eigenvalue weighted by molar-refractivity contribution is -0.189. The molecule has 0 atom stereocenters. The van der Waals surface area contributed by atoms with Gasteiger partial charge in [-0.3, -0.25) is 5.84 Å². The van der Waals surface area contributed by atoms with E-state index in [2.05, 4.69) is 0 Å². The van der Waals surface area contributed by atoms with E-state index in [0.717, 1.165) is 26.3 Å². The largest absolute Gasteiger partial charge is 0.380 e. The maximum atomic E-state index is 5.44. The highest BCUT2D eigenvalue weighted by Gasteiger charge is 2.47. The minimum absolute atomic E-state index is 0.495. The van der Waals surface area contributed by atoms with Crippen molar-refractivity contribution < 1.29 is 4.74 Å². The van der Waals surface area contributed by atoms with Crippen molar-refractivity contribution >= 4 is 0 Å². The van der Waals surface area contributed by atoms with Crippen LogP contribution in [0.3, 0.4) is 0 Å². The molecule has 8 heavy (non-hydrogen) atoms. The first kappa shape index (κ1) is 4.73. The Morgan fingerprint density at radius 2 is 2.00 bits per heavy atom. The first-order chi connectivity index (χ1) is 3.81. The molecule has 2 N–H and O–H groups in total. The number of hydrogen-bond donors (Lipinski definition) is 1. The summed E-state index contributed by atoms with van der Waals surface area (Å²) in [6.07, 6.45) is 0. The van der Waals surface area contributed by atoms with Crippen LogP contribution in [0.5, 0.6) is 0 Å². The van der Waals surface area contributed by atoms with E-state index in [-0.39, 0.29) is 0 Å². The Morgan fingerprint density at radius 1 is 1.38 bits per heavy atom. The van der Waals surface area contributed by atoms with Crippen LogP contribution in [0.4, 0.5) is 0 Å². The van der Waals surface area contributed by atoms with E-state index in [1.807, 2.05) is 5.01 Å². The van der Waals surface area contributed by atoms with E-state index in [1.165, 1.54) is 0 Å². The number of ether oxygens (including phenoxy) is 1. The van der Waals surface area contributed by atoms with Crippen molar-refractivity contribution in [2.24, 2.45) is 11.3 Å². The average Bonchev–Trinajstić information content (AvgIpc) is 1.51. The van der Waals surface area contributed by atoms with Gasteiger partial charge < -0.3 is 4.74 Å². The summed E-state index contributed by atoms with van der Waals surface area (Å²) in [5.41, 5.74) is 0.495. The predicted molar refractivity (Wildman–Crippen MR) is 29.0 cm³/mol. The fourth-order valence-corrected chi connectivity index (χ4v) is 1.39. The maximum absolute atomic E-state index is 5.44. The van der Waals surface area contributed by atoms with Gasteiger partial charge in [-0.05, 0) is 0 Å². The average molecular weight is 114 g/mol. The minimum atomic E-state index is 0.495. The van der Waals surface area contributed by atoms with Gasteiger partial charge in [0.1, 0.15) is 0 Å². The molecule has 0 aromatic heterocycles. The van der Waals surface area contributed by atoms with Crippen LogP contribution in [0.15, 0.2) is 0 Å². The molecular formula is C5H10N2O. The van der Waals surface area contributed by atoms with Gasteiger partial charge in [-0.15, -0.1) is 0 Å². The Balaban J connectivity index is 1.92. The third-order valence-electron chi connectivity index (χ3n) is 1.89. The van der Waals surface area contributed by atoms with Crippen LogP contribution in [0.25, 0.3) is 0 Å². The van der Waals surface area contributed by atoms with Crippen LogP contribution < -0.4 is 5.84 Å². The van der Waals surface area contributed by atoms with Gasteiger partial charge in [0.2, 0.25) is 0 Å². The Kier molecular flexibility index (Phi) is 0.730. The molecule has 2 saturated heterocycles. The highest BCUT2D eigenvalue weighted by atomic mass is 16.5. The number of nitrogens with two attached hydrogens (primary N) is 1. The molecule has 0 amide bonds. The summed E-state index contributed by atoms with van der Waals surface area (Å²) in [5, 5.41) is 1.84. The van der Waals surface area contributed by atoms with Crippen molar-refractivity contribution in [3.63, 3.8) is 0 Å². The van der Waals surface area contributed by atoms with Crippen molar-refractivity contribution in [3.8, 4) is 0 Å². The van der Waals surface area contributed by atoms with Crippen LogP contribution in [0.2, 0.25) is 0 Å². The summed E-state index contributed by atoms with van der Waals surface area (Å²) in [7, 11) is 0. The minimum Gasteiger partial charge on any atom is -0.380 e. The van der Waals surface area contributed by atoms with Crippen molar-refractivity contribution in [3.05, 3.63) is 0 Å². The third kappa shape index (κ3) is 0.438. The van der Waals surface area contributed by atoms with E-state index in [4.69, 9.17) is 10.6 Å².